The number of hydrogen-bond acceptors (Lipinski definition) is 2. The van der Waals surface area contributed by atoms with Crippen molar-refractivity contribution in [1.82, 2.24) is 4.90 Å². The van der Waals surface area contributed by atoms with Gasteiger partial charge in [0.05, 0.1) is 6.54 Å². The number of benzene rings is 1. The fraction of sp³-hybridized carbons (Fsp3) is 0.429. The van der Waals surface area contributed by atoms with E-state index in [0.717, 1.165) is 17.7 Å². The summed E-state index contributed by atoms with van der Waals surface area (Å²) in [5.74, 6) is -0.236. The highest BCUT2D eigenvalue weighted by atomic mass is 16.2. The molecule has 1 aromatic rings. The minimum absolute atomic E-state index is 0.0729. The van der Waals surface area contributed by atoms with E-state index >= 15 is 0 Å². The molecule has 0 atom stereocenters. The van der Waals surface area contributed by atoms with Crippen LogP contribution in [0.15, 0.2) is 24.3 Å². The quantitative estimate of drug-likeness (QED) is 0.868. The van der Waals surface area contributed by atoms with Gasteiger partial charge in [0.25, 0.3) is 0 Å². The Morgan fingerprint density at radius 2 is 2.06 bits per heavy atom. The van der Waals surface area contributed by atoms with Gasteiger partial charge in [-0.2, -0.15) is 0 Å². The molecule has 18 heavy (non-hydrogen) atoms. The second-order valence-corrected chi connectivity index (χ2v) is 4.36. The summed E-state index contributed by atoms with van der Waals surface area (Å²) in [6.45, 7) is 6.15. The molecule has 2 amide bonds. The number of rotatable bonds is 5. The Morgan fingerprint density at radius 1 is 1.33 bits per heavy atom. The van der Waals surface area contributed by atoms with E-state index in [0.29, 0.717) is 6.54 Å². The van der Waals surface area contributed by atoms with Crippen molar-refractivity contribution in [3.8, 4) is 0 Å². The van der Waals surface area contributed by atoms with Crippen LogP contribution in [-0.4, -0.2) is 29.8 Å². The standard InChI is InChI=1S/C14H20N2O2/c1-4-8-16(12(3)17)10-14(18)15-13-7-5-6-11(2)9-13/h5-7,9H,4,8,10H2,1-3H3,(H,15,18). The van der Waals surface area contributed by atoms with E-state index < -0.39 is 0 Å². The maximum Gasteiger partial charge on any atom is 0.243 e. The summed E-state index contributed by atoms with van der Waals surface area (Å²) in [4.78, 5) is 24.7. The van der Waals surface area contributed by atoms with Crippen LogP contribution in [0.1, 0.15) is 25.8 Å². The number of nitrogens with zero attached hydrogens (tertiary/aromatic N) is 1. The summed E-state index contributed by atoms with van der Waals surface area (Å²) in [6.07, 6.45) is 0.845. The fourth-order valence-corrected chi connectivity index (χ4v) is 1.71. The Labute approximate surface area is 108 Å². The topological polar surface area (TPSA) is 49.4 Å². The Hall–Kier alpha value is -1.84. The monoisotopic (exact) mass is 248 g/mol. The molecule has 0 aromatic heterocycles. The summed E-state index contributed by atoms with van der Waals surface area (Å²) >= 11 is 0. The fourth-order valence-electron chi connectivity index (χ4n) is 1.71. The highest BCUT2D eigenvalue weighted by molar-refractivity contribution is 5.94. The van der Waals surface area contributed by atoms with Gasteiger partial charge in [-0.1, -0.05) is 19.1 Å². The van der Waals surface area contributed by atoms with E-state index in [4.69, 9.17) is 0 Å². The number of hydrogen-bond donors (Lipinski definition) is 1. The van der Waals surface area contributed by atoms with E-state index in [1.54, 1.807) is 4.90 Å². The van der Waals surface area contributed by atoms with Crippen molar-refractivity contribution in [3.05, 3.63) is 29.8 Å². The van der Waals surface area contributed by atoms with Crippen molar-refractivity contribution in [1.29, 1.82) is 0 Å². The lowest BCUT2D eigenvalue weighted by molar-refractivity contribution is -0.132. The third-order valence-corrected chi connectivity index (χ3v) is 2.58. The molecule has 0 aliphatic rings. The molecule has 0 aliphatic carbocycles. The van der Waals surface area contributed by atoms with E-state index in [1.165, 1.54) is 6.92 Å². The van der Waals surface area contributed by atoms with Crippen LogP contribution in [0.4, 0.5) is 5.69 Å². The lowest BCUT2D eigenvalue weighted by Gasteiger charge is -2.19. The van der Waals surface area contributed by atoms with Crippen LogP contribution < -0.4 is 5.32 Å². The van der Waals surface area contributed by atoms with Crippen molar-refractivity contribution < 1.29 is 9.59 Å². The number of anilines is 1. The second kappa shape index (κ2) is 6.79. The molecule has 0 bridgehead atoms. The molecule has 0 saturated carbocycles. The first-order valence-electron chi connectivity index (χ1n) is 6.15. The van der Waals surface area contributed by atoms with Crippen LogP contribution >= 0.6 is 0 Å². The molecule has 1 N–H and O–H groups in total. The predicted molar refractivity (Wildman–Crippen MR) is 72.4 cm³/mol. The third kappa shape index (κ3) is 4.57. The van der Waals surface area contributed by atoms with E-state index in [9.17, 15) is 9.59 Å². The van der Waals surface area contributed by atoms with Crippen molar-refractivity contribution in [2.45, 2.75) is 27.2 Å². The number of carbonyl (C=O) groups is 2. The number of aryl methyl sites for hydroxylation is 1. The van der Waals surface area contributed by atoms with Gasteiger partial charge in [-0.05, 0) is 31.0 Å². The molecular weight excluding hydrogens is 228 g/mol. The van der Waals surface area contributed by atoms with Crippen LogP contribution in [0, 0.1) is 6.92 Å². The maximum atomic E-state index is 11.8. The first-order valence-corrected chi connectivity index (χ1v) is 6.15. The smallest absolute Gasteiger partial charge is 0.243 e. The highest BCUT2D eigenvalue weighted by Crippen LogP contribution is 2.09. The number of nitrogens with one attached hydrogen (secondary N) is 1. The van der Waals surface area contributed by atoms with Crippen LogP contribution in [0.25, 0.3) is 0 Å². The third-order valence-electron chi connectivity index (χ3n) is 2.58. The van der Waals surface area contributed by atoms with Gasteiger partial charge in [0, 0.05) is 19.2 Å². The first-order chi connectivity index (χ1) is 8.52. The van der Waals surface area contributed by atoms with Crippen LogP contribution in [0.3, 0.4) is 0 Å². The number of amides is 2. The molecule has 4 heteroatoms. The van der Waals surface area contributed by atoms with Crippen LogP contribution in [0.2, 0.25) is 0 Å². The molecule has 0 heterocycles. The van der Waals surface area contributed by atoms with Crippen LogP contribution in [0.5, 0.6) is 0 Å². The molecule has 0 fully saturated rings. The Morgan fingerprint density at radius 3 is 2.61 bits per heavy atom. The molecule has 0 radical (unpaired) electrons. The van der Waals surface area contributed by atoms with Gasteiger partial charge in [-0.3, -0.25) is 9.59 Å². The molecule has 4 nitrogen and oxygen atoms in total. The average Bonchev–Trinajstić information content (AvgIpc) is 2.28. The highest BCUT2D eigenvalue weighted by Gasteiger charge is 2.12. The zero-order chi connectivity index (χ0) is 13.5. The SMILES string of the molecule is CCCN(CC(=O)Nc1cccc(C)c1)C(C)=O. The lowest BCUT2D eigenvalue weighted by Crippen LogP contribution is -2.37. The molecule has 0 unspecified atom stereocenters. The largest absolute Gasteiger partial charge is 0.334 e. The van der Waals surface area contributed by atoms with Gasteiger partial charge < -0.3 is 10.2 Å². The zero-order valence-corrected chi connectivity index (χ0v) is 11.2. The van der Waals surface area contributed by atoms with Crippen molar-refractivity contribution in [3.63, 3.8) is 0 Å². The molecular formula is C14H20N2O2. The molecule has 0 spiro atoms. The molecule has 0 aliphatic heterocycles. The molecule has 0 saturated heterocycles. The predicted octanol–water partition coefficient (Wildman–Crippen LogP) is 2.19. The van der Waals surface area contributed by atoms with Gasteiger partial charge in [0.15, 0.2) is 0 Å². The Bertz CT molecular complexity index is 430. The van der Waals surface area contributed by atoms with E-state index in [1.807, 2.05) is 38.1 Å². The second-order valence-electron chi connectivity index (χ2n) is 4.36. The maximum absolute atomic E-state index is 11.8. The normalized spacial score (nSPS) is 9.94. The van der Waals surface area contributed by atoms with Gasteiger partial charge in [-0.25, -0.2) is 0 Å². The minimum Gasteiger partial charge on any atom is -0.334 e. The van der Waals surface area contributed by atoms with Crippen LogP contribution in [-0.2, 0) is 9.59 Å². The van der Waals surface area contributed by atoms with Crippen molar-refractivity contribution in [2.24, 2.45) is 0 Å². The van der Waals surface area contributed by atoms with Gasteiger partial charge in [-0.15, -0.1) is 0 Å². The summed E-state index contributed by atoms with van der Waals surface area (Å²) in [5, 5.41) is 2.79. The van der Waals surface area contributed by atoms with Crippen molar-refractivity contribution in [2.75, 3.05) is 18.4 Å². The molecule has 98 valence electrons. The Kier molecular flexibility index (Phi) is 5.36. The first kappa shape index (κ1) is 14.2. The average molecular weight is 248 g/mol. The van der Waals surface area contributed by atoms with E-state index in [2.05, 4.69) is 5.32 Å². The Balaban J connectivity index is 2.57. The lowest BCUT2D eigenvalue weighted by atomic mass is 10.2. The van der Waals surface area contributed by atoms with Gasteiger partial charge in [0.1, 0.15) is 0 Å². The summed E-state index contributed by atoms with van der Waals surface area (Å²) < 4.78 is 0. The molecule has 1 aromatic carbocycles. The van der Waals surface area contributed by atoms with Gasteiger partial charge >= 0.3 is 0 Å². The summed E-state index contributed by atoms with van der Waals surface area (Å²) in [6, 6.07) is 7.59. The zero-order valence-electron chi connectivity index (χ0n) is 11.2. The van der Waals surface area contributed by atoms with E-state index in [-0.39, 0.29) is 18.4 Å². The summed E-state index contributed by atoms with van der Waals surface area (Å²) in [5.41, 5.74) is 1.85. The number of carbonyl (C=O) groups excluding carboxylic acids is 2. The summed E-state index contributed by atoms with van der Waals surface area (Å²) in [7, 11) is 0. The molecule has 1 rings (SSSR count). The van der Waals surface area contributed by atoms with Gasteiger partial charge in [0.2, 0.25) is 11.8 Å². The minimum atomic E-state index is -0.163. The van der Waals surface area contributed by atoms with Crippen molar-refractivity contribution >= 4 is 17.5 Å².